The highest BCUT2D eigenvalue weighted by Crippen LogP contribution is 2.21. The van der Waals surface area contributed by atoms with Gasteiger partial charge in [0.25, 0.3) is 0 Å². The van der Waals surface area contributed by atoms with Gasteiger partial charge < -0.3 is 20.4 Å². The molecular formula is C21H20ClN3O3S. The zero-order valence-electron chi connectivity index (χ0n) is 15.5. The van der Waals surface area contributed by atoms with Crippen LogP contribution in [-0.4, -0.2) is 17.7 Å². The molecule has 3 aromatic rings. The van der Waals surface area contributed by atoms with Crippen LogP contribution in [0, 0.1) is 0 Å². The Kier molecular flexibility index (Phi) is 7.61. The number of halogens is 1. The first-order valence-corrected chi connectivity index (χ1v) is 10.3. The summed E-state index contributed by atoms with van der Waals surface area (Å²) >= 11 is 7.46. The first-order chi connectivity index (χ1) is 14.1. The number of urea groups is 1. The standard InChI is InChI=1S/C21H20ClN3O3S/c22-15-3-9-19(10-4-15)29-13-11-20(26)24-16-5-7-17(8-6-16)25-21(27)23-14-18-2-1-12-28-18/h1-10,12H,11,13-14H2,(H,24,26)(H2,23,25,27). The van der Waals surface area contributed by atoms with Gasteiger partial charge in [-0.05, 0) is 60.7 Å². The van der Waals surface area contributed by atoms with Gasteiger partial charge in [-0.25, -0.2) is 4.79 Å². The summed E-state index contributed by atoms with van der Waals surface area (Å²) in [6.45, 7) is 0.307. The van der Waals surface area contributed by atoms with Crippen molar-refractivity contribution in [1.82, 2.24) is 5.32 Å². The van der Waals surface area contributed by atoms with Gasteiger partial charge in [0, 0.05) is 33.5 Å². The molecule has 0 unspecified atom stereocenters. The molecule has 0 saturated carbocycles. The van der Waals surface area contributed by atoms with E-state index in [2.05, 4.69) is 16.0 Å². The highest BCUT2D eigenvalue weighted by molar-refractivity contribution is 7.99. The number of benzene rings is 2. The number of amides is 3. The zero-order valence-corrected chi connectivity index (χ0v) is 17.1. The average molecular weight is 430 g/mol. The molecule has 8 heteroatoms. The van der Waals surface area contributed by atoms with Crippen molar-refractivity contribution in [2.24, 2.45) is 0 Å². The van der Waals surface area contributed by atoms with Crippen molar-refractivity contribution in [1.29, 1.82) is 0 Å². The molecule has 3 amide bonds. The second-order valence-electron chi connectivity index (χ2n) is 6.06. The lowest BCUT2D eigenvalue weighted by molar-refractivity contribution is -0.115. The maximum absolute atomic E-state index is 12.1. The van der Waals surface area contributed by atoms with Gasteiger partial charge >= 0.3 is 6.03 Å². The summed E-state index contributed by atoms with van der Waals surface area (Å²) in [6, 6.07) is 17.7. The van der Waals surface area contributed by atoms with Crippen LogP contribution in [0.4, 0.5) is 16.2 Å². The quantitative estimate of drug-likeness (QED) is 0.420. The molecule has 0 fully saturated rings. The van der Waals surface area contributed by atoms with E-state index in [4.69, 9.17) is 16.0 Å². The highest BCUT2D eigenvalue weighted by atomic mass is 35.5. The van der Waals surface area contributed by atoms with E-state index >= 15 is 0 Å². The molecular weight excluding hydrogens is 410 g/mol. The predicted molar refractivity (Wildman–Crippen MR) is 116 cm³/mol. The van der Waals surface area contributed by atoms with E-state index in [0.717, 1.165) is 4.90 Å². The summed E-state index contributed by atoms with van der Waals surface area (Å²) in [4.78, 5) is 25.0. The lowest BCUT2D eigenvalue weighted by Gasteiger charge is -2.09. The van der Waals surface area contributed by atoms with Crippen LogP contribution >= 0.6 is 23.4 Å². The second kappa shape index (κ2) is 10.6. The number of hydrogen-bond donors (Lipinski definition) is 3. The van der Waals surface area contributed by atoms with Crippen molar-refractivity contribution in [3.05, 3.63) is 77.7 Å². The van der Waals surface area contributed by atoms with Gasteiger partial charge in [-0.3, -0.25) is 4.79 Å². The third-order valence-electron chi connectivity index (χ3n) is 3.84. The Morgan fingerprint density at radius 1 is 0.931 bits per heavy atom. The number of carbonyl (C=O) groups is 2. The number of carbonyl (C=O) groups excluding carboxylic acids is 2. The lowest BCUT2D eigenvalue weighted by Crippen LogP contribution is -2.27. The van der Waals surface area contributed by atoms with Crippen LogP contribution in [0.2, 0.25) is 5.02 Å². The largest absolute Gasteiger partial charge is 0.467 e. The van der Waals surface area contributed by atoms with Gasteiger partial charge in [0.15, 0.2) is 0 Å². The molecule has 3 N–H and O–H groups in total. The number of hydrogen-bond acceptors (Lipinski definition) is 4. The lowest BCUT2D eigenvalue weighted by atomic mass is 10.2. The Balaban J connectivity index is 1.38. The Labute approximate surface area is 178 Å². The minimum absolute atomic E-state index is 0.0663. The monoisotopic (exact) mass is 429 g/mol. The fraction of sp³-hybridized carbons (Fsp3) is 0.143. The molecule has 0 bridgehead atoms. The van der Waals surface area contributed by atoms with Crippen molar-refractivity contribution in [2.45, 2.75) is 17.9 Å². The van der Waals surface area contributed by atoms with Crippen molar-refractivity contribution in [3.8, 4) is 0 Å². The summed E-state index contributed by atoms with van der Waals surface area (Å²) in [5.41, 5.74) is 1.30. The summed E-state index contributed by atoms with van der Waals surface area (Å²) in [7, 11) is 0. The number of thioether (sulfide) groups is 1. The summed E-state index contributed by atoms with van der Waals surface area (Å²) in [6.07, 6.45) is 1.95. The van der Waals surface area contributed by atoms with Gasteiger partial charge in [-0.1, -0.05) is 11.6 Å². The van der Waals surface area contributed by atoms with E-state index in [9.17, 15) is 9.59 Å². The smallest absolute Gasteiger partial charge is 0.319 e. The molecule has 29 heavy (non-hydrogen) atoms. The first kappa shape index (κ1) is 20.8. The molecule has 1 heterocycles. The fourth-order valence-electron chi connectivity index (χ4n) is 2.41. The third kappa shape index (κ3) is 7.21. The molecule has 0 saturated heterocycles. The number of anilines is 2. The number of rotatable bonds is 8. The normalized spacial score (nSPS) is 10.4. The van der Waals surface area contributed by atoms with E-state index in [-0.39, 0.29) is 11.9 Å². The summed E-state index contributed by atoms with van der Waals surface area (Å²) in [5.74, 6) is 1.28. The van der Waals surface area contributed by atoms with E-state index in [1.165, 1.54) is 0 Å². The molecule has 0 aliphatic rings. The maximum Gasteiger partial charge on any atom is 0.319 e. The zero-order chi connectivity index (χ0) is 20.5. The van der Waals surface area contributed by atoms with Crippen LogP contribution in [-0.2, 0) is 11.3 Å². The van der Waals surface area contributed by atoms with Gasteiger partial charge in [-0.15, -0.1) is 11.8 Å². The van der Waals surface area contributed by atoms with Crippen LogP contribution < -0.4 is 16.0 Å². The molecule has 0 radical (unpaired) electrons. The van der Waals surface area contributed by atoms with Crippen LogP contribution in [0.3, 0.4) is 0 Å². The molecule has 2 aromatic carbocycles. The van der Waals surface area contributed by atoms with Crippen molar-refractivity contribution in [2.75, 3.05) is 16.4 Å². The van der Waals surface area contributed by atoms with E-state index in [1.54, 1.807) is 54.4 Å². The Morgan fingerprint density at radius 2 is 1.62 bits per heavy atom. The first-order valence-electron chi connectivity index (χ1n) is 8.94. The average Bonchev–Trinajstić information content (AvgIpc) is 3.23. The maximum atomic E-state index is 12.1. The minimum Gasteiger partial charge on any atom is -0.467 e. The van der Waals surface area contributed by atoms with Crippen molar-refractivity contribution >= 4 is 46.7 Å². The minimum atomic E-state index is -0.336. The predicted octanol–water partition coefficient (Wildman–Crippen LogP) is 5.38. The molecule has 0 atom stereocenters. The van der Waals surface area contributed by atoms with Gasteiger partial charge in [0.05, 0.1) is 12.8 Å². The number of furan rings is 1. The topological polar surface area (TPSA) is 83.4 Å². The Bertz CT molecular complexity index is 929. The highest BCUT2D eigenvalue weighted by Gasteiger charge is 2.06. The van der Waals surface area contributed by atoms with E-state index < -0.39 is 0 Å². The van der Waals surface area contributed by atoms with Crippen LogP contribution in [0.15, 0.2) is 76.2 Å². The molecule has 1 aromatic heterocycles. The Hall–Kier alpha value is -2.90. The molecule has 0 aliphatic heterocycles. The van der Waals surface area contributed by atoms with Crippen molar-refractivity contribution < 1.29 is 14.0 Å². The SMILES string of the molecule is O=C(CCSc1ccc(Cl)cc1)Nc1ccc(NC(=O)NCc2ccco2)cc1. The van der Waals surface area contributed by atoms with Crippen LogP contribution in [0.5, 0.6) is 0 Å². The summed E-state index contributed by atoms with van der Waals surface area (Å²) < 4.78 is 5.16. The number of nitrogens with one attached hydrogen (secondary N) is 3. The molecule has 150 valence electrons. The fourth-order valence-corrected chi connectivity index (χ4v) is 3.39. The van der Waals surface area contributed by atoms with Crippen LogP contribution in [0.1, 0.15) is 12.2 Å². The molecule has 3 rings (SSSR count). The van der Waals surface area contributed by atoms with E-state index in [1.807, 2.05) is 24.3 Å². The van der Waals surface area contributed by atoms with Gasteiger partial charge in [0.2, 0.25) is 5.91 Å². The molecule has 0 spiro atoms. The van der Waals surface area contributed by atoms with Crippen molar-refractivity contribution in [3.63, 3.8) is 0 Å². The Morgan fingerprint density at radius 3 is 2.28 bits per heavy atom. The van der Waals surface area contributed by atoms with Gasteiger partial charge in [-0.2, -0.15) is 0 Å². The summed E-state index contributed by atoms with van der Waals surface area (Å²) in [5, 5.41) is 8.96. The third-order valence-corrected chi connectivity index (χ3v) is 5.11. The van der Waals surface area contributed by atoms with Gasteiger partial charge in [0.1, 0.15) is 5.76 Å². The molecule has 6 nitrogen and oxygen atoms in total. The second-order valence-corrected chi connectivity index (χ2v) is 7.67. The van der Waals surface area contributed by atoms with Crippen LogP contribution in [0.25, 0.3) is 0 Å². The van der Waals surface area contributed by atoms with E-state index in [0.29, 0.717) is 40.9 Å². The molecule has 0 aliphatic carbocycles.